The Hall–Kier alpha value is -1.04. The van der Waals surface area contributed by atoms with Crippen molar-refractivity contribution in [1.29, 1.82) is 0 Å². The smallest absolute Gasteiger partial charge is 0.488 e. The largest absolute Gasteiger partial charge is 0.494 e. The van der Waals surface area contributed by atoms with Crippen LogP contribution in [-0.2, 0) is 9.31 Å². The van der Waals surface area contributed by atoms with Gasteiger partial charge in [-0.15, -0.1) is 0 Å². The van der Waals surface area contributed by atoms with Crippen LogP contribution in [0.15, 0.2) is 24.3 Å². The van der Waals surface area contributed by atoms with E-state index in [1.807, 2.05) is 58.9 Å². The monoisotopic (exact) mass is 292 g/mol. The van der Waals surface area contributed by atoms with Gasteiger partial charge in [0, 0.05) is 0 Å². The first kappa shape index (κ1) is 16.3. The van der Waals surface area contributed by atoms with Crippen LogP contribution in [0.1, 0.15) is 41.5 Å². The van der Waals surface area contributed by atoms with Crippen LogP contribution >= 0.6 is 0 Å². The molecule has 2 unspecified atom stereocenters. The molecular weight excluding hydrogens is 267 g/mol. The molecule has 5 heteroatoms. The van der Waals surface area contributed by atoms with E-state index in [1.165, 1.54) is 0 Å². The number of benzene rings is 1. The molecule has 1 aromatic rings. The maximum absolute atomic E-state index is 9.46. The Morgan fingerprint density at radius 3 is 1.90 bits per heavy atom. The zero-order valence-electron chi connectivity index (χ0n) is 13.7. The van der Waals surface area contributed by atoms with Gasteiger partial charge in [-0.3, -0.25) is 0 Å². The molecule has 4 nitrogen and oxygen atoms in total. The topological polar surface area (TPSA) is 47.9 Å². The van der Waals surface area contributed by atoms with Gasteiger partial charge in [0.15, 0.2) is 0 Å². The van der Waals surface area contributed by atoms with Gasteiger partial charge in [-0.1, -0.05) is 12.1 Å². The number of aliphatic hydroxyl groups is 1. The first-order valence-electron chi connectivity index (χ1n) is 7.43. The quantitative estimate of drug-likeness (QED) is 0.864. The Kier molecular flexibility index (Phi) is 4.38. The molecule has 1 aromatic carbocycles. The van der Waals surface area contributed by atoms with Gasteiger partial charge >= 0.3 is 7.12 Å². The average Bonchev–Trinajstić information content (AvgIpc) is 2.59. The molecule has 1 saturated heterocycles. The van der Waals surface area contributed by atoms with Gasteiger partial charge < -0.3 is 19.2 Å². The summed E-state index contributed by atoms with van der Waals surface area (Å²) in [6.45, 7) is 11.7. The predicted octanol–water partition coefficient (Wildman–Crippen LogP) is 2.13. The zero-order valence-corrected chi connectivity index (χ0v) is 13.7. The maximum atomic E-state index is 9.46. The molecular formula is C16H25BO4. The summed E-state index contributed by atoms with van der Waals surface area (Å²) in [4.78, 5) is 0. The van der Waals surface area contributed by atoms with Crippen molar-refractivity contribution in [3.8, 4) is 5.75 Å². The van der Waals surface area contributed by atoms with Crippen molar-refractivity contribution in [2.24, 2.45) is 0 Å². The lowest BCUT2D eigenvalue weighted by Crippen LogP contribution is -2.41. The Morgan fingerprint density at radius 2 is 1.48 bits per heavy atom. The lowest BCUT2D eigenvalue weighted by Gasteiger charge is -2.32. The molecule has 0 aliphatic carbocycles. The van der Waals surface area contributed by atoms with Crippen LogP contribution in [0.25, 0.3) is 0 Å². The van der Waals surface area contributed by atoms with E-state index in [2.05, 4.69) is 0 Å². The molecule has 0 radical (unpaired) electrons. The number of hydrogen-bond donors (Lipinski definition) is 1. The Balaban J connectivity index is 2.07. The summed E-state index contributed by atoms with van der Waals surface area (Å²) < 4.78 is 17.7. The number of aliphatic hydroxyl groups excluding tert-OH is 1. The molecule has 0 amide bonds. The third kappa shape index (κ3) is 3.42. The second-order valence-corrected chi connectivity index (χ2v) is 6.72. The molecule has 1 aliphatic rings. The van der Waals surface area contributed by atoms with Gasteiger partial charge in [0.05, 0.1) is 17.3 Å². The van der Waals surface area contributed by atoms with Crippen LogP contribution in [-0.4, -0.2) is 35.6 Å². The molecule has 2 atom stereocenters. The molecule has 21 heavy (non-hydrogen) atoms. The predicted molar refractivity (Wildman–Crippen MR) is 83.9 cm³/mol. The molecule has 0 aromatic heterocycles. The third-order valence-electron chi connectivity index (χ3n) is 4.41. The normalized spacial score (nSPS) is 22.9. The van der Waals surface area contributed by atoms with E-state index in [4.69, 9.17) is 14.0 Å². The van der Waals surface area contributed by atoms with E-state index in [-0.39, 0.29) is 24.4 Å². The highest BCUT2D eigenvalue weighted by atomic mass is 16.7. The Bertz CT molecular complexity index is 466. The lowest BCUT2D eigenvalue weighted by atomic mass is 9.79. The number of ether oxygens (including phenoxy) is 1. The van der Waals surface area contributed by atoms with E-state index in [0.29, 0.717) is 0 Å². The molecule has 1 fully saturated rings. The summed E-state index contributed by atoms with van der Waals surface area (Å²) in [5.74, 6) is 0.726. The summed E-state index contributed by atoms with van der Waals surface area (Å²) in [6.07, 6.45) is -0.750. The lowest BCUT2D eigenvalue weighted by molar-refractivity contribution is 0.00578. The fourth-order valence-electron chi connectivity index (χ4n) is 2.00. The minimum atomic E-state index is -0.507. The summed E-state index contributed by atoms with van der Waals surface area (Å²) >= 11 is 0. The van der Waals surface area contributed by atoms with Crippen molar-refractivity contribution in [2.75, 3.05) is 0 Å². The summed E-state index contributed by atoms with van der Waals surface area (Å²) in [5.41, 5.74) is 0.284. The highest BCUT2D eigenvalue weighted by molar-refractivity contribution is 6.62. The molecule has 1 heterocycles. The average molecular weight is 292 g/mol. The number of rotatable bonds is 4. The van der Waals surface area contributed by atoms with E-state index in [9.17, 15) is 5.11 Å². The van der Waals surface area contributed by atoms with Crippen molar-refractivity contribution in [1.82, 2.24) is 0 Å². The van der Waals surface area contributed by atoms with E-state index < -0.39 is 6.10 Å². The van der Waals surface area contributed by atoms with Gasteiger partial charge in [0.1, 0.15) is 11.9 Å². The van der Waals surface area contributed by atoms with E-state index >= 15 is 0 Å². The highest BCUT2D eigenvalue weighted by Crippen LogP contribution is 2.36. The Morgan fingerprint density at radius 1 is 1.00 bits per heavy atom. The second-order valence-electron chi connectivity index (χ2n) is 6.72. The summed E-state index contributed by atoms with van der Waals surface area (Å²) in [5, 5.41) is 9.46. The standard InChI is InChI=1S/C16H25BO4/c1-11(18)12(2)19-14-9-7-13(8-10-14)17-20-15(3,4)16(5,6)21-17/h7-12,18H,1-6H3. The van der Waals surface area contributed by atoms with Crippen molar-refractivity contribution in [2.45, 2.75) is 65.0 Å². The van der Waals surface area contributed by atoms with Crippen molar-refractivity contribution >= 4 is 12.6 Å². The van der Waals surface area contributed by atoms with Crippen LogP contribution in [0.4, 0.5) is 0 Å². The van der Waals surface area contributed by atoms with Crippen LogP contribution in [0.3, 0.4) is 0 Å². The molecule has 1 N–H and O–H groups in total. The first-order valence-corrected chi connectivity index (χ1v) is 7.43. The van der Waals surface area contributed by atoms with Gasteiger partial charge in [-0.25, -0.2) is 0 Å². The number of hydrogen-bond acceptors (Lipinski definition) is 4. The van der Waals surface area contributed by atoms with Crippen molar-refractivity contribution < 1.29 is 19.2 Å². The van der Waals surface area contributed by atoms with Gasteiger partial charge in [-0.05, 0) is 59.1 Å². The third-order valence-corrected chi connectivity index (χ3v) is 4.41. The van der Waals surface area contributed by atoms with E-state index in [1.54, 1.807) is 6.92 Å². The maximum Gasteiger partial charge on any atom is 0.494 e. The van der Waals surface area contributed by atoms with Gasteiger partial charge in [0.2, 0.25) is 0 Å². The zero-order chi connectivity index (χ0) is 15.8. The van der Waals surface area contributed by atoms with Gasteiger partial charge in [-0.2, -0.15) is 0 Å². The molecule has 0 spiro atoms. The SMILES string of the molecule is CC(O)C(C)Oc1ccc(B2OC(C)(C)C(C)(C)O2)cc1. The second kappa shape index (κ2) is 5.63. The van der Waals surface area contributed by atoms with Gasteiger partial charge in [0.25, 0.3) is 0 Å². The van der Waals surface area contributed by atoms with E-state index in [0.717, 1.165) is 11.2 Å². The van der Waals surface area contributed by atoms with Crippen LogP contribution in [0, 0.1) is 0 Å². The highest BCUT2D eigenvalue weighted by Gasteiger charge is 2.51. The van der Waals surface area contributed by atoms with Crippen LogP contribution < -0.4 is 10.2 Å². The van der Waals surface area contributed by atoms with Crippen molar-refractivity contribution in [3.63, 3.8) is 0 Å². The first-order chi connectivity index (χ1) is 9.62. The summed E-state index contributed by atoms with van der Waals surface area (Å²) in [6, 6.07) is 7.62. The fraction of sp³-hybridized carbons (Fsp3) is 0.625. The molecule has 116 valence electrons. The fourth-order valence-corrected chi connectivity index (χ4v) is 2.00. The van der Waals surface area contributed by atoms with Crippen molar-refractivity contribution in [3.05, 3.63) is 24.3 Å². The minimum Gasteiger partial charge on any atom is -0.488 e. The van der Waals surface area contributed by atoms with Crippen LogP contribution in [0.2, 0.25) is 0 Å². The molecule has 0 saturated carbocycles. The Labute approximate surface area is 127 Å². The minimum absolute atomic E-state index is 0.243. The molecule has 1 aliphatic heterocycles. The van der Waals surface area contributed by atoms with Crippen LogP contribution in [0.5, 0.6) is 5.75 Å². The molecule has 0 bridgehead atoms. The molecule has 2 rings (SSSR count). The summed E-state index contributed by atoms with van der Waals surface area (Å²) in [7, 11) is -0.363.